The lowest BCUT2D eigenvalue weighted by atomic mass is 9.90. The fraction of sp³-hybridized carbons (Fsp3) is 0.257. The van der Waals surface area contributed by atoms with Gasteiger partial charge in [-0.1, -0.05) is 55.0 Å². The summed E-state index contributed by atoms with van der Waals surface area (Å²) in [6.45, 7) is 8.10. The molecular formula is C35H34N4O4S. The van der Waals surface area contributed by atoms with E-state index in [1.54, 1.807) is 24.8 Å². The monoisotopic (exact) mass is 606 g/mol. The van der Waals surface area contributed by atoms with Gasteiger partial charge in [-0.15, -0.1) is 0 Å². The first kappa shape index (κ1) is 29.3. The summed E-state index contributed by atoms with van der Waals surface area (Å²) in [6.07, 6.45) is 6.83. The van der Waals surface area contributed by atoms with Crippen LogP contribution in [0.2, 0.25) is 0 Å². The molecule has 1 atom stereocenters. The van der Waals surface area contributed by atoms with Crippen LogP contribution in [0, 0.1) is 13.8 Å². The SMILES string of the molecule is CCCC1=C(C(=O)OCC)C(c2c(OC)ccc3ccccc23)n2c(s/c(=C/c3cc(C)n(-c4cccnc4)c3C)c2=O)=N1. The summed E-state index contributed by atoms with van der Waals surface area (Å²) in [5.74, 6) is 0.108. The van der Waals surface area contributed by atoms with Gasteiger partial charge in [-0.3, -0.25) is 14.3 Å². The molecule has 5 aromatic rings. The van der Waals surface area contributed by atoms with Crippen LogP contribution in [0.15, 0.2) is 88.0 Å². The second-order valence-corrected chi connectivity index (χ2v) is 11.7. The van der Waals surface area contributed by atoms with Gasteiger partial charge in [0.05, 0.1) is 41.4 Å². The summed E-state index contributed by atoms with van der Waals surface area (Å²) in [4.78, 5) is 37.9. The van der Waals surface area contributed by atoms with Crippen LogP contribution in [0.1, 0.15) is 55.2 Å². The summed E-state index contributed by atoms with van der Waals surface area (Å²) in [5, 5.41) is 1.87. The molecule has 0 spiro atoms. The molecular weight excluding hydrogens is 572 g/mol. The lowest BCUT2D eigenvalue weighted by Crippen LogP contribution is -2.40. The van der Waals surface area contributed by atoms with Crippen molar-refractivity contribution in [3.8, 4) is 11.4 Å². The average Bonchev–Trinajstić information content (AvgIpc) is 3.49. The molecule has 0 bridgehead atoms. The average molecular weight is 607 g/mol. The number of hydrogen-bond donors (Lipinski definition) is 0. The highest BCUT2D eigenvalue weighted by molar-refractivity contribution is 7.07. The van der Waals surface area contributed by atoms with Gasteiger partial charge in [-0.2, -0.15) is 0 Å². The second kappa shape index (κ2) is 12.1. The maximum Gasteiger partial charge on any atom is 0.338 e. The van der Waals surface area contributed by atoms with Crippen LogP contribution in [0.25, 0.3) is 22.5 Å². The fourth-order valence-electron chi connectivity index (χ4n) is 6.09. The predicted octanol–water partition coefficient (Wildman–Crippen LogP) is 5.54. The number of ether oxygens (including phenoxy) is 2. The number of pyridine rings is 1. The van der Waals surface area contributed by atoms with Crippen LogP contribution < -0.4 is 19.6 Å². The van der Waals surface area contributed by atoms with Gasteiger partial charge in [0.2, 0.25) is 0 Å². The van der Waals surface area contributed by atoms with Gasteiger partial charge in [0.1, 0.15) is 11.8 Å². The summed E-state index contributed by atoms with van der Waals surface area (Å²) in [6, 6.07) is 17.0. The van der Waals surface area contributed by atoms with E-state index < -0.39 is 12.0 Å². The minimum Gasteiger partial charge on any atom is -0.496 e. The summed E-state index contributed by atoms with van der Waals surface area (Å²) < 4.78 is 15.8. The van der Waals surface area contributed by atoms with E-state index in [-0.39, 0.29) is 12.2 Å². The Morgan fingerprint density at radius 1 is 1.09 bits per heavy atom. The van der Waals surface area contributed by atoms with Gasteiger partial charge in [0.15, 0.2) is 4.80 Å². The van der Waals surface area contributed by atoms with E-state index in [4.69, 9.17) is 14.5 Å². The van der Waals surface area contributed by atoms with Crippen molar-refractivity contribution in [2.75, 3.05) is 13.7 Å². The van der Waals surface area contributed by atoms with Crippen LogP contribution in [0.3, 0.4) is 0 Å². The van der Waals surface area contributed by atoms with E-state index in [9.17, 15) is 9.59 Å². The van der Waals surface area contributed by atoms with E-state index in [0.717, 1.165) is 45.4 Å². The number of allylic oxidation sites excluding steroid dienone is 1. The smallest absolute Gasteiger partial charge is 0.338 e. The van der Waals surface area contributed by atoms with Crippen LogP contribution in [-0.4, -0.2) is 33.8 Å². The number of methoxy groups -OCH3 is 1. The Hall–Kier alpha value is -4.76. The summed E-state index contributed by atoms with van der Waals surface area (Å²) >= 11 is 1.33. The molecule has 0 aliphatic carbocycles. The third kappa shape index (κ3) is 4.97. The van der Waals surface area contributed by atoms with Gasteiger partial charge in [0.25, 0.3) is 5.56 Å². The van der Waals surface area contributed by atoms with E-state index in [1.807, 2.05) is 81.6 Å². The molecule has 0 radical (unpaired) electrons. The number of rotatable bonds is 8. The van der Waals surface area contributed by atoms with E-state index in [0.29, 0.717) is 32.8 Å². The molecule has 1 aliphatic heterocycles. The first-order valence-electron chi connectivity index (χ1n) is 14.7. The Morgan fingerprint density at radius 3 is 2.64 bits per heavy atom. The van der Waals surface area contributed by atoms with Crippen molar-refractivity contribution >= 4 is 34.2 Å². The molecule has 224 valence electrons. The van der Waals surface area contributed by atoms with Crippen molar-refractivity contribution < 1.29 is 14.3 Å². The highest BCUT2D eigenvalue weighted by atomic mass is 32.1. The molecule has 1 unspecified atom stereocenters. The molecule has 3 aromatic heterocycles. The Labute approximate surface area is 259 Å². The van der Waals surface area contributed by atoms with Crippen molar-refractivity contribution in [1.82, 2.24) is 14.1 Å². The van der Waals surface area contributed by atoms with E-state index in [2.05, 4.69) is 15.6 Å². The van der Waals surface area contributed by atoms with Crippen LogP contribution in [0.5, 0.6) is 5.75 Å². The highest BCUT2D eigenvalue weighted by Crippen LogP contribution is 2.41. The Morgan fingerprint density at radius 2 is 1.91 bits per heavy atom. The number of hydrogen-bond acceptors (Lipinski definition) is 7. The third-order valence-corrected chi connectivity index (χ3v) is 8.96. The number of aryl methyl sites for hydroxylation is 1. The maximum atomic E-state index is 14.5. The summed E-state index contributed by atoms with van der Waals surface area (Å²) in [5.41, 5.74) is 5.42. The second-order valence-electron chi connectivity index (χ2n) is 10.7. The molecule has 0 saturated heterocycles. The third-order valence-electron chi connectivity index (χ3n) is 7.98. The zero-order chi connectivity index (χ0) is 31.0. The van der Waals surface area contributed by atoms with Crippen molar-refractivity contribution in [3.05, 3.63) is 120 Å². The highest BCUT2D eigenvalue weighted by Gasteiger charge is 2.37. The quantitative estimate of drug-likeness (QED) is 0.217. The number of carbonyl (C=O) groups excluding carboxylic acids is 1. The van der Waals surface area contributed by atoms with Crippen molar-refractivity contribution in [2.24, 2.45) is 4.99 Å². The number of carbonyl (C=O) groups is 1. The van der Waals surface area contributed by atoms with E-state index >= 15 is 0 Å². The van der Waals surface area contributed by atoms with Crippen LogP contribution >= 0.6 is 11.3 Å². The number of nitrogens with zero attached hydrogens (tertiary/aromatic N) is 4. The lowest BCUT2D eigenvalue weighted by molar-refractivity contribution is -0.139. The standard InChI is InChI=1S/C35H34N4O4S/c1-6-11-27-31(34(41)43-7-2)32(30-26-14-9-8-12-23(26)15-16-28(30)42-5)39-33(40)29(44-35(39)37-27)19-24-18-21(3)38(22(24)4)25-13-10-17-36-20-25/h8-10,12-20,32H,6-7,11H2,1-5H3/b29-19+. The lowest BCUT2D eigenvalue weighted by Gasteiger charge is -2.28. The molecule has 9 heteroatoms. The Bertz CT molecular complexity index is 2100. The molecule has 8 nitrogen and oxygen atoms in total. The molecule has 0 N–H and O–H groups in total. The zero-order valence-electron chi connectivity index (χ0n) is 25.5. The van der Waals surface area contributed by atoms with Gasteiger partial charge < -0.3 is 14.0 Å². The number of aromatic nitrogens is 3. The predicted molar refractivity (Wildman–Crippen MR) is 173 cm³/mol. The molecule has 4 heterocycles. The number of benzene rings is 2. The van der Waals surface area contributed by atoms with Crippen LogP contribution in [0.4, 0.5) is 0 Å². The first-order valence-corrected chi connectivity index (χ1v) is 15.6. The molecule has 2 aromatic carbocycles. The van der Waals surface area contributed by atoms with Gasteiger partial charge in [-0.05, 0) is 73.9 Å². The topological polar surface area (TPSA) is 87.7 Å². The van der Waals surface area contributed by atoms with Gasteiger partial charge in [0, 0.05) is 23.1 Å². The van der Waals surface area contributed by atoms with Crippen LogP contribution in [-0.2, 0) is 9.53 Å². The molecule has 0 amide bonds. The molecule has 1 aliphatic rings. The number of fused-ring (bicyclic) bond motifs is 2. The number of esters is 1. The molecule has 44 heavy (non-hydrogen) atoms. The Kier molecular flexibility index (Phi) is 8.05. The summed E-state index contributed by atoms with van der Waals surface area (Å²) in [7, 11) is 1.61. The van der Waals surface area contributed by atoms with Crippen molar-refractivity contribution in [1.29, 1.82) is 0 Å². The van der Waals surface area contributed by atoms with Gasteiger partial charge >= 0.3 is 5.97 Å². The van der Waals surface area contributed by atoms with Crippen molar-refractivity contribution in [2.45, 2.75) is 46.6 Å². The normalized spacial score (nSPS) is 14.9. The van der Waals surface area contributed by atoms with Gasteiger partial charge in [-0.25, -0.2) is 9.79 Å². The Balaban J connectivity index is 1.65. The van der Waals surface area contributed by atoms with Crippen molar-refractivity contribution in [3.63, 3.8) is 0 Å². The molecule has 0 saturated carbocycles. The fourth-order valence-corrected chi connectivity index (χ4v) is 7.10. The largest absolute Gasteiger partial charge is 0.496 e. The molecule has 0 fully saturated rings. The minimum absolute atomic E-state index is 0.206. The number of thiazole rings is 1. The molecule has 6 rings (SSSR count). The minimum atomic E-state index is -0.780. The maximum absolute atomic E-state index is 14.5. The van der Waals surface area contributed by atoms with E-state index in [1.165, 1.54) is 11.3 Å². The zero-order valence-corrected chi connectivity index (χ0v) is 26.3. The first-order chi connectivity index (χ1) is 21.4.